The second-order valence-corrected chi connectivity index (χ2v) is 11.9. The molecule has 0 rings (SSSR count). The number of hydrogen-bond acceptors (Lipinski definition) is 8. The normalized spacial score (nSPS) is 14.7. The number of carbonyl (C=O) groups is 1. The lowest BCUT2D eigenvalue weighted by Crippen LogP contribution is -2.29. The standard InChI is InChI=1S/C29H59O9P/c1-3-5-7-9-11-13-15-17-19-21-29(32)38-28(26-37-39(33,34)36-24-27(31)23-30)25-35-22-20-18-16-14-12-10-8-6-4-2/h27-28,30-31H,3-26H2,1-2H3,(H,33,34). The molecule has 0 fully saturated rings. The summed E-state index contributed by atoms with van der Waals surface area (Å²) in [4.78, 5) is 22.2. The van der Waals surface area contributed by atoms with Crippen molar-refractivity contribution in [3.8, 4) is 0 Å². The van der Waals surface area contributed by atoms with E-state index < -0.39 is 33.2 Å². The fourth-order valence-corrected chi connectivity index (χ4v) is 4.91. The molecule has 39 heavy (non-hydrogen) atoms. The molecule has 0 aromatic carbocycles. The van der Waals surface area contributed by atoms with Crippen LogP contribution in [0, 0.1) is 0 Å². The van der Waals surface area contributed by atoms with E-state index in [4.69, 9.17) is 19.1 Å². The molecule has 0 amide bonds. The summed E-state index contributed by atoms with van der Waals surface area (Å²) in [6.45, 7) is 3.47. The van der Waals surface area contributed by atoms with E-state index in [-0.39, 0.29) is 25.6 Å². The Kier molecular flexibility index (Phi) is 27.2. The molecule has 0 aliphatic carbocycles. The van der Waals surface area contributed by atoms with Crippen LogP contribution in [0.2, 0.25) is 0 Å². The van der Waals surface area contributed by atoms with Crippen LogP contribution in [0.25, 0.3) is 0 Å². The molecule has 0 heterocycles. The van der Waals surface area contributed by atoms with E-state index in [1.165, 1.54) is 83.5 Å². The fourth-order valence-electron chi connectivity index (χ4n) is 4.12. The number of phosphoric acid groups is 1. The monoisotopic (exact) mass is 582 g/mol. The molecule has 3 atom stereocenters. The van der Waals surface area contributed by atoms with E-state index in [1.54, 1.807) is 0 Å². The number of unbranched alkanes of at least 4 members (excludes halogenated alkanes) is 16. The number of carbonyl (C=O) groups excluding carboxylic acids is 1. The van der Waals surface area contributed by atoms with Gasteiger partial charge in [-0.1, -0.05) is 117 Å². The number of aliphatic hydroxyl groups is 2. The number of ether oxygens (including phenoxy) is 2. The van der Waals surface area contributed by atoms with Gasteiger partial charge in [-0.25, -0.2) is 4.57 Å². The van der Waals surface area contributed by atoms with E-state index in [1.807, 2.05) is 0 Å². The molecule has 3 N–H and O–H groups in total. The lowest BCUT2D eigenvalue weighted by atomic mass is 10.1. The van der Waals surface area contributed by atoms with Crippen LogP contribution in [0.3, 0.4) is 0 Å². The maximum Gasteiger partial charge on any atom is 0.472 e. The number of aliphatic hydroxyl groups excluding tert-OH is 2. The van der Waals surface area contributed by atoms with Crippen LogP contribution in [0.4, 0.5) is 0 Å². The van der Waals surface area contributed by atoms with Crippen molar-refractivity contribution in [2.75, 3.05) is 33.0 Å². The van der Waals surface area contributed by atoms with Gasteiger partial charge in [-0.05, 0) is 12.8 Å². The van der Waals surface area contributed by atoms with Gasteiger partial charge < -0.3 is 24.6 Å². The van der Waals surface area contributed by atoms with Crippen LogP contribution < -0.4 is 0 Å². The minimum absolute atomic E-state index is 0.0553. The number of rotatable bonds is 30. The van der Waals surface area contributed by atoms with E-state index >= 15 is 0 Å². The van der Waals surface area contributed by atoms with Crippen LogP contribution in [0.1, 0.15) is 136 Å². The van der Waals surface area contributed by atoms with Gasteiger partial charge in [-0.3, -0.25) is 13.8 Å². The van der Waals surface area contributed by atoms with Crippen LogP contribution in [0.15, 0.2) is 0 Å². The van der Waals surface area contributed by atoms with Gasteiger partial charge in [0.1, 0.15) is 12.2 Å². The Hall–Kier alpha value is -0.540. The van der Waals surface area contributed by atoms with Gasteiger partial charge in [0.15, 0.2) is 0 Å². The van der Waals surface area contributed by atoms with Crippen LogP contribution in [0.5, 0.6) is 0 Å². The molecule has 234 valence electrons. The molecular formula is C29H59O9P. The zero-order chi connectivity index (χ0) is 29.0. The van der Waals surface area contributed by atoms with Crippen molar-refractivity contribution in [3.63, 3.8) is 0 Å². The van der Waals surface area contributed by atoms with E-state index in [0.717, 1.165) is 32.1 Å². The lowest BCUT2D eigenvalue weighted by molar-refractivity contribution is -0.154. The van der Waals surface area contributed by atoms with Gasteiger partial charge >= 0.3 is 13.8 Å². The average molecular weight is 583 g/mol. The summed E-state index contributed by atoms with van der Waals surface area (Å²) in [6.07, 6.45) is 19.3. The summed E-state index contributed by atoms with van der Waals surface area (Å²) in [5, 5.41) is 18.1. The van der Waals surface area contributed by atoms with Crippen LogP contribution >= 0.6 is 7.82 Å². The summed E-state index contributed by atoms with van der Waals surface area (Å²) >= 11 is 0. The zero-order valence-electron chi connectivity index (χ0n) is 24.9. The Morgan fingerprint density at radius 1 is 0.692 bits per heavy atom. The van der Waals surface area contributed by atoms with E-state index in [2.05, 4.69) is 18.4 Å². The Morgan fingerprint density at radius 2 is 1.15 bits per heavy atom. The minimum atomic E-state index is -4.49. The summed E-state index contributed by atoms with van der Waals surface area (Å²) < 4.78 is 32.9. The smallest absolute Gasteiger partial charge is 0.457 e. The maximum absolute atomic E-state index is 12.4. The Bertz CT molecular complexity index is 591. The molecule has 0 spiro atoms. The van der Waals surface area contributed by atoms with Gasteiger partial charge in [0.05, 0.1) is 26.4 Å². The van der Waals surface area contributed by atoms with Gasteiger partial charge in [0.2, 0.25) is 0 Å². The van der Waals surface area contributed by atoms with Crippen molar-refractivity contribution < 1.29 is 43.0 Å². The molecule has 0 saturated heterocycles. The third kappa shape index (κ3) is 27.4. The van der Waals surface area contributed by atoms with Crippen molar-refractivity contribution in [3.05, 3.63) is 0 Å². The first-order valence-corrected chi connectivity index (χ1v) is 17.0. The minimum Gasteiger partial charge on any atom is -0.457 e. The van der Waals surface area contributed by atoms with Crippen molar-refractivity contribution in [2.45, 2.75) is 148 Å². The van der Waals surface area contributed by atoms with Crippen molar-refractivity contribution in [1.82, 2.24) is 0 Å². The van der Waals surface area contributed by atoms with E-state index in [9.17, 15) is 19.4 Å². The highest BCUT2D eigenvalue weighted by atomic mass is 31.2. The molecule has 0 radical (unpaired) electrons. The largest absolute Gasteiger partial charge is 0.472 e. The molecule has 0 aliphatic rings. The molecule has 3 unspecified atom stereocenters. The fraction of sp³-hybridized carbons (Fsp3) is 0.966. The molecule has 10 heteroatoms. The SMILES string of the molecule is CCCCCCCCCCCOCC(COP(=O)(O)OCC(O)CO)OC(=O)CCCCCCCCCCC. The summed E-state index contributed by atoms with van der Waals surface area (Å²) in [5.41, 5.74) is 0. The van der Waals surface area contributed by atoms with Crippen molar-refractivity contribution in [2.24, 2.45) is 0 Å². The third-order valence-corrected chi connectivity index (χ3v) is 7.49. The maximum atomic E-state index is 12.4. The Balaban J connectivity index is 4.32. The highest BCUT2D eigenvalue weighted by Gasteiger charge is 2.26. The Labute approximate surface area is 238 Å². The topological polar surface area (TPSA) is 132 Å². The Morgan fingerprint density at radius 3 is 1.67 bits per heavy atom. The number of phosphoric ester groups is 1. The average Bonchev–Trinajstić information content (AvgIpc) is 2.92. The first-order valence-electron chi connectivity index (χ1n) is 15.5. The first kappa shape index (κ1) is 38.5. The number of esters is 1. The van der Waals surface area contributed by atoms with Crippen molar-refractivity contribution >= 4 is 13.8 Å². The molecule has 0 aliphatic heterocycles. The summed E-state index contributed by atoms with van der Waals surface area (Å²) in [6, 6.07) is 0. The molecule has 0 aromatic heterocycles. The molecule has 0 bridgehead atoms. The second-order valence-electron chi connectivity index (χ2n) is 10.5. The van der Waals surface area contributed by atoms with Gasteiger partial charge in [-0.2, -0.15) is 0 Å². The quantitative estimate of drug-likeness (QED) is 0.0472. The first-order chi connectivity index (χ1) is 18.8. The van der Waals surface area contributed by atoms with Crippen molar-refractivity contribution in [1.29, 1.82) is 0 Å². The molecule has 0 aromatic rings. The summed E-state index contributed by atoms with van der Waals surface area (Å²) in [7, 11) is -4.49. The molecule has 0 saturated carbocycles. The van der Waals surface area contributed by atoms with Gasteiger partial charge in [0, 0.05) is 13.0 Å². The second kappa shape index (κ2) is 27.6. The highest BCUT2D eigenvalue weighted by Crippen LogP contribution is 2.43. The predicted octanol–water partition coefficient (Wildman–Crippen LogP) is 6.85. The molecule has 9 nitrogen and oxygen atoms in total. The highest BCUT2D eigenvalue weighted by molar-refractivity contribution is 7.47. The predicted molar refractivity (Wildman–Crippen MR) is 155 cm³/mol. The zero-order valence-corrected chi connectivity index (χ0v) is 25.8. The van der Waals surface area contributed by atoms with E-state index in [0.29, 0.717) is 6.61 Å². The van der Waals surface area contributed by atoms with Crippen LogP contribution in [-0.4, -0.2) is 66.3 Å². The lowest BCUT2D eigenvalue weighted by Gasteiger charge is -2.20. The summed E-state index contributed by atoms with van der Waals surface area (Å²) in [5.74, 6) is -0.386. The number of hydrogen-bond donors (Lipinski definition) is 3. The van der Waals surface area contributed by atoms with Crippen LogP contribution in [-0.2, 0) is 27.9 Å². The van der Waals surface area contributed by atoms with Gasteiger partial charge in [0.25, 0.3) is 0 Å². The molecular weight excluding hydrogens is 523 g/mol. The van der Waals surface area contributed by atoms with Gasteiger partial charge in [-0.15, -0.1) is 0 Å². The third-order valence-electron chi connectivity index (χ3n) is 6.54.